The van der Waals surface area contributed by atoms with Crippen molar-refractivity contribution >= 4 is 34.2 Å². The highest BCUT2D eigenvalue weighted by molar-refractivity contribution is 6.24. The number of rotatable bonds is 4. The topological polar surface area (TPSA) is 58.4 Å². The van der Waals surface area contributed by atoms with Gasteiger partial charge in [-0.15, -0.1) is 0 Å². The van der Waals surface area contributed by atoms with Crippen molar-refractivity contribution in [3.8, 4) is 0 Å². The molecule has 2 amide bonds. The van der Waals surface area contributed by atoms with Crippen LogP contribution >= 0.6 is 0 Å². The van der Waals surface area contributed by atoms with E-state index < -0.39 is 11.8 Å². The van der Waals surface area contributed by atoms with Crippen molar-refractivity contribution in [3.05, 3.63) is 43.5 Å². The molecule has 0 N–H and O–H groups in total. The van der Waals surface area contributed by atoms with Crippen LogP contribution in [0.5, 0.6) is 0 Å². The quantitative estimate of drug-likeness (QED) is 0.811. The summed E-state index contributed by atoms with van der Waals surface area (Å²) in [5, 5.41) is 5.12. The molecule has 0 saturated carbocycles. The molecule has 0 atom stereocenters. The summed E-state index contributed by atoms with van der Waals surface area (Å²) in [7, 11) is 1.80. The Morgan fingerprint density at radius 1 is 1.17 bits per heavy atom. The Morgan fingerprint density at radius 3 is 2.38 bits per heavy atom. The second-order valence-electron chi connectivity index (χ2n) is 5.76. The molecular weight excluding hydrogens is 304 g/mol. The first-order chi connectivity index (χ1) is 11.6. The van der Waals surface area contributed by atoms with Crippen LogP contribution in [0, 0.1) is 0 Å². The summed E-state index contributed by atoms with van der Waals surface area (Å²) in [4.78, 5) is 27.6. The van der Waals surface area contributed by atoms with Gasteiger partial charge in [0.1, 0.15) is 0 Å². The van der Waals surface area contributed by atoms with Crippen molar-refractivity contribution in [1.29, 1.82) is 0 Å². The van der Waals surface area contributed by atoms with Crippen LogP contribution in [0.15, 0.2) is 43.5 Å². The molecule has 1 fully saturated rings. The summed E-state index contributed by atoms with van der Waals surface area (Å²) in [5.41, 5.74) is 2.00. The summed E-state index contributed by atoms with van der Waals surface area (Å²) < 4.78 is 1.68. The Bertz CT molecular complexity index is 811. The van der Waals surface area contributed by atoms with Gasteiger partial charge in [-0.25, -0.2) is 4.90 Å². The van der Waals surface area contributed by atoms with Crippen molar-refractivity contribution in [2.45, 2.75) is 12.8 Å². The lowest BCUT2D eigenvalue weighted by Crippen LogP contribution is -2.34. The maximum atomic E-state index is 12.1. The minimum atomic E-state index is -0.525. The summed E-state index contributed by atoms with van der Waals surface area (Å²) in [6, 6.07) is 5.96. The van der Waals surface area contributed by atoms with Crippen molar-refractivity contribution in [1.82, 2.24) is 9.78 Å². The highest BCUT2D eigenvalue weighted by atomic mass is 16.2. The van der Waals surface area contributed by atoms with E-state index in [0.29, 0.717) is 5.82 Å². The van der Waals surface area contributed by atoms with E-state index in [1.54, 1.807) is 11.7 Å². The van der Waals surface area contributed by atoms with Gasteiger partial charge >= 0.3 is 0 Å². The second-order valence-corrected chi connectivity index (χ2v) is 5.76. The third-order valence-corrected chi connectivity index (χ3v) is 4.29. The van der Waals surface area contributed by atoms with E-state index in [1.807, 2.05) is 18.2 Å². The van der Waals surface area contributed by atoms with Gasteiger partial charge in [0, 0.05) is 31.2 Å². The molecule has 1 saturated heterocycles. The van der Waals surface area contributed by atoms with Gasteiger partial charge in [0.25, 0.3) is 11.8 Å². The van der Waals surface area contributed by atoms with Crippen LogP contribution in [0.3, 0.4) is 0 Å². The molecule has 124 valence electrons. The standard InChI is InChI=1S/C18H20N4O2/c1-4-16(23)22(17(24)5-2)18-14-9-8-13(21-10-6-7-11-21)12-15(14)20(3)19-18/h4-5,8-9,12H,1-2,6-7,10-11H2,3H3. The molecule has 1 aliphatic rings. The summed E-state index contributed by atoms with van der Waals surface area (Å²) in [5.74, 6) is -0.748. The average molecular weight is 324 g/mol. The van der Waals surface area contributed by atoms with Crippen LogP contribution in [0.2, 0.25) is 0 Å². The molecule has 24 heavy (non-hydrogen) atoms. The maximum Gasteiger partial charge on any atom is 0.258 e. The number of carbonyl (C=O) groups excluding carboxylic acids is 2. The van der Waals surface area contributed by atoms with Crippen LogP contribution in [-0.2, 0) is 16.6 Å². The predicted molar refractivity (Wildman–Crippen MR) is 95.0 cm³/mol. The molecule has 6 heteroatoms. The largest absolute Gasteiger partial charge is 0.371 e. The van der Waals surface area contributed by atoms with Gasteiger partial charge in [-0.3, -0.25) is 14.3 Å². The molecule has 2 heterocycles. The Balaban J connectivity index is 2.11. The fourth-order valence-corrected chi connectivity index (χ4v) is 3.06. The number of hydrogen-bond acceptors (Lipinski definition) is 4. The summed E-state index contributed by atoms with van der Waals surface area (Å²) >= 11 is 0. The zero-order valence-corrected chi connectivity index (χ0v) is 13.7. The number of imide groups is 1. The predicted octanol–water partition coefficient (Wildman–Crippen LogP) is 2.41. The third-order valence-electron chi connectivity index (χ3n) is 4.29. The lowest BCUT2D eigenvalue weighted by molar-refractivity contribution is -0.121. The average Bonchev–Trinajstić information content (AvgIpc) is 3.23. The first-order valence-electron chi connectivity index (χ1n) is 7.91. The van der Waals surface area contributed by atoms with E-state index in [4.69, 9.17) is 0 Å². The van der Waals surface area contributed by atoms with Crippen molar-refractivity contribution in [2.24, 2.45) is 7.05 Å². The highest BCUT2D eigenvalue weighted by Gasteiger charge is 2.25. The fraction of sp³-hybridized carbons (Fsp3) is 0.278. The number of aromatic nitrogens is 2. The number of hydrogen-bond donors (Lipinski definition) is 0. The zero-order chi connectivity index (χ0) is 17.3. The first kappa shape index (κ1) is 16.0. The second kappa shape index (κ2) is 6.31. The number of aryl methyl sites for hydroxylation is 1. The van der Waals surface area contributed by atoms with E-state index in [0.717, 1.165) is 46.7 Å². The van der Waals surface area contributed by atoms with E-state index in [2.05, 4.69) is 23.2 Å². The number of benzene rings is 1. The van der Waals surface area contributed by atoms with Gasteiger partial charge in [0.15, 0.2) is 5.82 Å². The normalized spacial score (nSPS) is 14.0. The van der Waals surface area contributed by atoms with Crippen LogP contribution in [-0.4, -0.2) is 34.7 Å². The molecule has 0 bridgehead atoms. The van der Waals surface area contributed by atoms with Crippen LogP contribution < -0.4 is 9.80 Å². The minimum Gasteiger partial charge on any atom is -0.371 e. The molecule has 2 aromatic rings. The lowest BCUT2D eigenvalue weighted by atomic mass is 10.2. The number of carbonyl (C=O) groups is 2. The fourth-order valence-electron chi connectivity index (χ4n) is 3.06. The zero-order valence-electron chi connectivity index (χ0n) is 13.7. The maximum absolute atomic E-state index is 12.1. The number of fused-ring (bicyclic) bond motifs is 1. The van der Waals surface area contributed by atoms with Gasteiger partial charge in [-0.05, 0) is 43.2 Å². The SMILES string of the molecule is C=CC(=O)N(C(=O)C=C)c1nn(C)c2cc(N3CCCC3)ccc12. The van der Waals surface area contributed by atoms with E-state index in [1.165, 1.54) is 12.8 Å². The van der Waals surface area contributed by atoms with E-state index in [9.17, 15) is 9.59 Å². The van der Waals surface area contributed by atoms with Gasteiger partial charge in [0.2, 0.25) is 0 Å². The Labute approximate surface area is 140 Å². The molecule has 0 spiro atoms. The summed E-state index contributed by atoms with van der Waals surface area (Å²) in [6.45, 7) is 9.01. The monoisotopic (exact) mass is 324 g/mol. The van der Waals surface area contributed by atoms with Gasteiger partial charge in [-0.2, -0.15) is 5.10 Å². The van der Waals surface area contributed by atoms with Crippen LogP contribution in [0.1, 0.15) is 12.8 Å². The molecule has 0 radical (unpaired) electrons. The first-order valence-corrected chi connectivity index (χ1v) is 7.91. The smallest absolute Gasteiger partial charge is 0.258 e. The Hall–Kier alpha value is -2.89. The molecule has 0 unspecified atom stereocenters. The van der Waals surface area contributed by atoms with Gasteiger partial charge in [-0.1, -0.05) is 13.2 Å². The van der Waals surface area contributed by atoms with Crippen molar-refractivity contribution < 1.29 is 9.59 Å². The van der Waals surface area contributed by atoms with E-state index >= 15 is 0 Å². The highest BCUT2D eigenvalue weighted by Crippen LogP contribution is 2.31. The molecule has 0 aliphatic carbocycles. The molecule has 6 nitrogen and oxygen atoms in total. The Morgan fingerprint density at radius 2 is 1.79 bits per heavy atom. The lowest BCUT2D eigenvalue weighted by Gasteiger charge is -2.18. The molecule has 3 rings (SSSR count). The number of nitrogens with zero attached hydrogens (tertiary/aromatic N) is 4. The van der Waals surface area contributed by atoms with Gasteiger partial charge in [0.05, 0.1) is 5.52 Å². The van der Waals surface area contributed by atoms with Crippen LogP contribution in [0.4, 0.5) is 11.5 Å². The minimum absolute atomic E-state index is 0.301. The molecule has 1 aliphatic heterocycles. The summed E-state index contributed by atoms with van der Waals surface area (Å²) in [6.07, 6.45) is 4.59. The number of anilines is 2. The van der Waals surface area contributed by atoms with Gasteiger partial charge < -0.3 is 4.90 Å². The number of amides is 2. The van der Waals surface area contributed by atoms with Crippen molar-refractivity contribution in [3.63, 3.8) is 0 Å². The van der Waals surface area contributed by atoms with Crippen molar-refractivity contribution in [2.75, 3.05) is 22.9 Å². The molecular formula is C18H20N4O2. The molecule has 1 aromatic heterocycles. The Kier molecular flexibility index (Phi) is 4.20. The van der Waals surface area contributed by atoms with Crippen LogP contribution in [0.25, 0.3) is 10.9 Å². The third kappa shape index (κ3) is 2.60. The molecule has 1 aromatic carbocycles. The van der Waals surface area contributed by atoms with E-state index in [-0.39, 0.29) is 0 Å².